The third kappa shape index (κ3) is 4.62. The van der Waals surface area contributed by atoms with E-state index in [1.807, 2.05) is 6.08 Å². The van der Waals surface area contributed by atoms with Crippen LogP contribution in [0.4, 0.5) is 0 Å². The van der Waals surface area contributed by atoms with Crippen molar-refractivity contribution in [2.24, 2.45) is 5.41 Å². The quantitative estimate of drug-likeness (QED) is 0.492. The molecule has 0 aliphatic rings. The fourth-order valence-corrected chi connectivity index (χ4v) is 1.87. The van der Waals surface area contributed by atoms with Crippen molar-refractivity contribution in [3.05, 3.63) is 12.7 Å². The van der Waals surface area contributed by atoms with Crippen LogP contribution in [0.25, 0.3) is 0 Å². The van der Waals surface area contributed by atoms with Crippen LogP contribution in [0.3, 0.4) is 0 Å². The van der Waals surface area contributed by atoms with Gasteiger partial charge in [0.25, 0.3) is 0 Å². The molecular formula is C10H19Br. The number of hydrogen-bond acceptors (Lipinski definition) is 0. The van der Waals surface area contributed by atoms with E-state index in [0.29, 0.717) is 0 Å². The molecule has 0 nitrogen and oxygen atoms in total. The first-order valence-electron chi connectivity index (χ1n) is 4.15. The van der Waals surface area contributed by atoms with Gasteiger partial charge in [0.15, 0.2) is 0 Å². The SMILES string of the molecule is C=CC(C)(C)CC(C)(Br)CC. The van der Waals surface area contributed by atoms with E-state index in [9.17, 15) is 0 Å². The lowest BCUT2D eigenvalue weighted by Crippen LogP contribution is -2.23. The van der Waals surface area contributed by atoms with Crippen LogP contribution < -0.4 is 0 Å². The Morgan fingerprint density at radius 3 is 2.09 bits per heavy atom. The van der Waals surface area contributed by atoms with Crippen molar-refractivity contribution in [3.8, 4) is 0 Å². The fourth-order valence-electron chi connectivity index (χ4n) is 1.15. The van der Waals surface area contributed by atoms with Crippen LogP contribution >= 0.6 is 15.9 Å². The van der Waals surface area contributed by atoms with E-state index in [1.165, 1.54) is 0 Å². The van der Waals surface area contributed by atoms with Crippen LogP contribution in [-0.2, 0) is 0 Å². The van der Waals surface area contributed by atoms with Gasteiger partial charge in [-0.15, -0.1) is 6.58 Å². The van der Waals surface area contributed by atoms with Crippen LogP contribution in [0.15, 0.2) is 12.7 Å². The lowest BCUT2D eigenvalue weighted by molar-refractivity contribution is 0.375. The maximum Gasteiger partial charge on any atom is 0.0235 e. The van der Waals surface area contributed by atoms with Gasteiger partial charge >= 0.3 is 0 Å². The van der Waals surface area contributed by atoms with Crippen molar-refractivity contribution in [2.45, 2.75) is 44.9 Å². The summed E-state index contributed by atoms with van der Waals surface area (Å²) in [6.07, 6.45) is 4.33. The van der Waals surface area contributed by atoms with E-state index in [0.717, 1.165) is 12.8 Å². The van der Waals surface area contributed by atoms with Crippen molar-refractivity contribution >= 4 is 15.9 Å². The highest BCUT2D eigenvalue weighted by Crippen LogP contribution is 2.36. The van der Waals surface area contributed by atoms with Gasteiger partial charge < -0.3 is 0 Å². The van der Waals surface area contributed by atoms with Gasteiger partial charge in [0.05, 0.1) is 0 Å². The minimum absolute atomic E-state index is 0.244. The van der Waals surface area contributed by atoms with Gasteiger partial charge in [-0.1, -0.05) is 42.8 Å². The monoisotopic (exact) mass is 218 g/mol. The van der Waals surface area contributed by atoms with Crippen LogP contribution in [-0.4, -0.2) is 4.32 Å². The van der Waals surface area contributed by atoms with Gasteiger partial charge in [-0.3, -0.25) is 0 Å². The smallest absolute Gasteiger partial charge is 0.0235 e. The highest BCUT2D eigenvalue weighted by Gasteiger charge is 2.26. The summed E-state index contributed by atoms with van der Waals surface area (Å²) in [6.45, 7) is 12.7. The molecule has 11 heavy (non-hydrogen) atoms. The third-order valence-corrected chi connectivity index (χ3v) is 2.96. The van der Waals surface area contributed by atoms with E-state index < -0.39 is 0 Å². The van der Waals surface area contributed by atoms with Gasteiger partial charge in [0, 0.05) is 4.32 Å². The summed E-state index contributed by atoms with van der Waals surface area (Å²) < 4.78 is 0.269. The molecule has 0 radical (unpaired) electrons. The molecule has 1 unspecified atom stereocenters. The molecule has 0 saturated heterocycles. The van der Waals surface area contributed by atoms with Crippen LogP contribution in [0.2, 0.25) is 0 Å². The van der Waals surface area contributed by atoms with Gasteiger partial charge in [-0.25, -0.2) is 0 Å². The van der Waals surface area contributed by atoms with Crippen LogP contribution in [0.5, 0.6) is 0 Å². The average Bonchev–Trinajstić information content (AvgIpc) is 1.86. The number of allylic oxidation sites excluding steroid dienone is 1. The number of hydrogen-bond donors (Lipinski definition) is 0. The minimum Gasteiger partial charge on any atom is -0.103 e. The van der Waals surface area contributed by atoms with E-state index >= 15 is 0 Å². The van der Waals surface area contributed by atoms with Crippen molar-refractivity contribution in [3.63, 3.8) is 0 Å². The van der Waals surface area contributed by atoms with Gasteiger partial charge in [0.2, 0.25) is 0 Å². The molecule has 0 fully saturated rings. The number of rotatable bonds is 4. The number of alkyl halides is 1. The van der Waals surface area contributed by atoms with Crippen LogP contribution in [0, 0.1) is 5.41 Å². The van der Waals surface area contributed by atoms with Gasteiger partial charge in [0.1, 0.15) is 0 Å². The molecule has 66 valence electrons. The molecule has 0 aromatic carbocycles. The molecule has 0 amide bonds. The molecule has 0 rings (SSSR count). The molecule has 1 heteroatoms. The zero-order valence-corrected chi connectivity index (χ0v) is 9.66. The second kappa shape index (κ2) is 3.75. The van der Waals surface area contributed by atoms with Crippen molar-refractivity contribution in [1.29, 1.82) is 0 Å². The minimum atomic E-state index is 0.244. The van der Waals surface area contributed by atoms with E-state index in [2.05, 4.69) is 50.2 Å². The molecule has 0 N–H and O–H groups in total. The first-order valence-corrected chi connectivity index (χ1v) is 4.95. The predicted octanol–water partition coefficient (Wildman–Crippen LogP) is 4.15. The number of halogens is 1. The van der Waals surface area contributed by atoms with Crippen molar-refractivity contribution in [1.82, 2.24) is 0 Å². The molecule has 0 aromatic rings. The topological polar surface area (TPSA) is 0 Å². The lowest BCUT2D eigenvalue weighted by Gasteiger charge is -2.30. The summed E-state index contributed by atoms with van der Waals surface area (Å²) in [5.74, 6) is 0. The molecule has 0 spiro atoms. The summed E-state index contributed by atoms with van der Waals surface area (Å²) >= 11 is 3.71. The summed E-state index contributed by atoms with van der Waals surface area (Å²) in [7, 11) is 0. The first kappa shape index (κ1) is 11.2. The van der Waals surface area contributed by atoms with Crippen LogP contribution in [0.1, 0.15) is 40.5 Å². The fraction of sp³-hybridized carbons (Fsp3) is 0.800. The molecule has 0 aromatic heterocycles. The average molecular weight is 219 g/mol. The normalized spacial score (nSPS) is 17.5. The second-order valence-corrected chi connectivity index (χ2v) is 6.05. The summed E-state index contributed by atoms with van der Waals surface area (Å²) in [5, 5.41) is 0. The molecular weight excluding hydrogens is 200 g/mol. The van der Waals surface area contributed by atoms with Gasteiger partial charge in [-0.05, 0) is 25.2 Å². The van der Waals surface area contributed by atoms with E-state index in [-0.39, 0.29) is 9.74 Å². The Balaban J connectivity index is 4.12. The Labute approximate surface area is 79.2 Å². The predicted molar refractivity (Wildman–Crippen MR) is 56.2 cm³/mol. The zero-order valence-electron chi connectivity index (χ0n) is 8.08. The second-order valence-electron chi connectivity index (χ2n) is 4.14. The maximum atomic E-state index is 3.83. The Morgan fingerprint density at radius 2 is 1.82 bits per heavy atom. The highest BCUT2D eigenvalue weighted by atomic mass is 79.9. The molecule has 0 saturated carbocycles. The zero-order chi connectivity index (χ0) is 9.12. The standard InChI is InChI=1S/C10H19Br/c1-6-9(3,4)8-10(5,11)7-2/h6H,1,7-8H2,2-5H3. The Morgan fingerprint density at radius 1 is 1.36 bits per heavy atom. The maximum absolute atomic E-state index is 3.83. The Hall–Kier alpha value is 0.220. The Kier molecular flexibility index (Phi) is 3.83. The molecule has 0 bridgehead atoms. The molecule has 1 atom stereocenters. The van der Waals surface area contributed by atoms with E-state index in [4.69, 9.17) is 0 Å². The molecule has 0 aliphatic carbocycles. The summed E-state index contributed by atoms with van der Waals surface area (Å²) in [6, 6.07) is 0. The summed E-state index contributed by atoms with van der Waals surface area (Å²) in [4.78, 5) is 0. The Bertz CT molecular complexity index is 134. The molecule has 0 heterocycles. The first-order chi connectivity index (χ1) is 4.83. The van der Waals surface area contributed by atoms with E-state index in [1.54, 1.807) is 0 Å². The van der Waals surface area contributed by atoms with Crippen molar-refractivity contribution in [2.75, 3.05) is 0 Å². The molecule has 0 aliphatic heterocycles. The van der Waals surface area contributed by atoms with Gasteiger partial charge in [-0.2, -0.15) is 0 Å². The highest BCUT2D eigenvalue weighted by molar-refractivity contribution is 9.10. The lowest BCUT2D eigenvalue weighted by atomic mass is 9.82. The largest absolute Gasteiger partial charge is 0.103 e. The summed E-state index contributed by atoms with van der Waals surface area (Å²) in [5.41, 5.74) is 0.244. The van der Waals surface area contributed by atoms with Crippen molar-refractivity contribution < 1.29 is 0 Å². The third-order valence-electron chi connectivity index (χ3n) is 2.11.